The highest BCUT2D eigenvalue weighted by Crippen LogP contribution is 1.99. The van der Waals surface area contributed by atoms with Crippen molar-refractivity contribution < 1.29 is 9.59 Å². The van der Waals surface area contributed by atoms with Crippen LogP contribution in [0.2, 0.25) is 0 Å². The minimum atomic E-state index is -0.244. The summed E-state index contributed by atoms with van der Waals surface area (Å²) in [5.41, 5.74) is 1.70. The maximum Gasteiger partial charge on any atom is 0.251 e. The minimum absolute atomic E-state index is 0.0133. The monoisotopic (exact) mass is 297 g/mol. The van der Waals surface area contributed by atoms with Crippen LogP contribution in [-0.2, 0) is 11.2 Å². The number of pyridine rings is 1. The van der Waals surface area contributed by atoms with Crippen LogP contribution in [0.1, 0.15) is 22.3 Å². The van der Waals surface area contributed by atoms with Crippen molar-refractivity contribution in [1.82, 2.24) is 15.6 Å². The van der Waals surface area contributed by atoms with Crippen LogP contribution < -0.4 is 10.6 Å². The Hall–Kier alpha value is -2.69. The molecule has 5 nitrogen and oxygen atoms in total. The van der Waals surface area contributed by atoms with Crippen molar-refractivity contribution in [2.75, 3.05) is 13.1 Å². The van der Waals surface area contributed by atoms with Gasteiger partial charge in [0.15, 0.2) is 0 Å². The summed E-state index contributed by atoms with van der Waals surface area (Å²) in [5, 5.41) is 5.38. The first-order valence-electron chi connectivity index (χ1n) is 7.24. The highest BCUT2D eigenvalue weighted by atomic mass is 16.2. The molecule has 1 aromatic carbocycles. The lowest BCUT2D eigenvalue weighted by Crippen LogP contribution is -2.37. The van der Waals surface area contributed by atoms with Crippen LogP contribution in [0.4, 0.5) is 0 Å². The van der Waals surface area contributed by atoms with E-state index in [1.54, 1.807) is 30.5 Å². The van der Waals surface area contributed by atoms with Crippen molar-refractivity contribution in [1.29, 1.82) is 0 Å². The minimum Gasteiger partial charge on any atom is -0.355 e. The second-order valence-electron chi connectivity index (χ2n) is 4.86. The Morgan fingerprint density at radius 2 is 1.82 bits per heavy atom. The molecule has 22 heavy (non-hydrogen) atoms. The smallest absolute Gasteiger partial charge is 0.251 e. The molecular weight excluding hydrogens is 278 g/mol. The molecule has 2 amide bonds. The van der Waals surface area contributed by atoms with Gasteiger partial charge in [-0.2, -0.15) is 0 Å². The predicted octanol–water partition coefficient (Wildman–Crippen LogP) is 1.56. The second-order valence-corrected chi connectivity index (χ2v) is 4.86. The van der Waals surface area contributed by atoms with E-state index in [1.807, 2.05) is 24.4 Å². The SMILES string of the molecule is O=C(CNC(=O)c1ccccc1)NCCCc1cccnc1. The highest BCUT2D eigenvalue weighted by Gasteiger charge is 2.06. The third-order valence-electron chi connectivity index (χ3n) is 3.13. The molecule has 0 atom stereocenters. The van der Waals surface area contributed by atoms with E-state index >= 15 is 0 Å². The number of carbonyl (C=O) groups is 2. The van der Waals surface area contributed by atoms with E-state index in [2.05, 4.69) is 15.6 Å². The molecule has 1 heterocycles. The summed E-state index contributed by atoms with van der Waals surface area (Å²) in [5.74, 6) is -0.429. The van der Waals surface area contributed by atoms with Crippen molar-refractivity contribution in [3.8, 4) is 0 Å². The topological polar surface area (TPSA) is 71.1 Å². The van der Waals surface area contributed by atoms with Gasteiger partial charge < -0.3 is 10.6 Å². The Morgan fingerprint density at radius 3 is 2.55 bits per heavy atom. The fourth-order valence-electron chi connectivity index (χ4n) is 1.98. The quantitative estimate of drug-likeness (QED) is 0.762. The van der Waals surface area contributed by atoms with E-state index in [-0.39, 0.29) is 18.4 Å². The van der Waals surface area contributed by atoms with Crippen LogP contribution in [0.5, 0.6) is 0 Å². The molecule has 0 saturated carbocycles. The van der Waals surface area contributed by atoms with Gasteiger partial charge in [0.2, 0.25) is 5.91 Å². The maximum atomic E-state index is 11.8. The zero-order valence-corrected chi connectivity index (χ0v) is 12.3. The first-order valence-corrected chi connectivity index (χ1v) is 7.24. The van der Waals surface area contributed by atoms with Crippen LogP contribution in [0, 0.1) is 0 Å². The van der Waals surface area contributed by atoms with E-state index in [4.69, 9.17) is 0 Å². The maximum absolute atomic E-state index is 11.8. The first kappa shape index (κ1) is 15.7. The molecule has 0 aliphatic carbocycles. The van der Waals surface area contributed by atoms with Crippen LogP contribution >= 0.6 is 0 Å². The molecule has 0 fully saturated rings. The van der Waals surface area contributed by atoms with E-state index in [1.165, 1.54) is 0 Å². The van der Waals surface area contributed by atoms with E-state index in [0.717, 1.165) is 18.4 Å². The number of nitrogens with one attached hydrogen (secondary N) is 2. The number of benzene rings is 1. The average Bonchev–Trinajstić information content (AvgIpc) is 2.58. The predicted molar refractivity (Wildman–Crippen MR) is 84.3 cm³/mol. The van der Waals surface area contributed by atoms with Gasteiger partial charge in [0.25, 0.3) is 5.91 Å². The molecule has 2 N–H and O–H groups in total. The number of rotatable bonds is 7. The normalized spacial score (nSPS) is 10.0. The molecule has 2 aromatic rings. The summed E-state index contributed by atoms with van der Waals surface area (Å²) in [4.78, 5) is 27.5. The summed E-state index contributed by atoms with van der Waals surface area (Å²) in [6.45, 7) is 0.565. The fourth-order valence-corrected chi connectivity index (χ4v) is 1.98. The highest BCUT2D eigenvalue weighted by molar-refractivity contribution is 5.96. The number of aryl methyl sites for hydroxylation is 1. The molecule has 0 bridgehead atoms. The van der Waals surface area contributed by atoms with Crippen LogP contribution in [0.3, 0.4) is 0 Å². The van der Waals surface area contributed by atoms with Crippen LogP contribution in [-0.4, -0.2) is 29.9 Å². The van der Waals surface area contributed by atoms with Crippen molar-refractivity contribution >= 4 is 11.8 Å². The summed E-state index contributed by atoms with van der Waals surface area (Å²) < 4.78 is 0. The molecular formula is C17H19N3O2. The third-order valence-corrected chi connectivity index (χ3v) is 3.13. The van der Waals surface area contributed by atoms with Gasteiger partial charge in [-0.05, 0) is 36.6 Å². The largest absolute Gasteiger partial charge is 0.355 e. The number of nitrogens with zero attached hydrogens (tertiary/aromatic N) is 1. The Morgan fingerprint density at radius 1 is 1.00 bits per heavy atom. The second kappa shape index (κ2) is 8.56. The lowest BCUT2D eigenvalue weighted by molar-refractivity contribution is -0.120. The van der Waals surface area contributed by atoms with Gasteiger partial charge in [-0.3, -0.25) is 14.6 Å². The number of amides is 2. The molecule has 0 aliphatic heterocycles. The standard InChI is InChI=1S/C17H19N3O2/c21-16(13-20-17(22)15-8-2-1-3-9-15)19-11-5-7-14-6-4-10-18-12-14/h1-4,6,8-10,12H,5,7,11,13H2,(H,19,21)(H,20,22). The van der Waals surface area contributed by atoms with Gasteiger partial charge in [0, 0.05) is 24.5 Å². The van der Waals surface area contributed by atoms with Crippen LogP contribution in [0.15, 0.2) is 54.9 Å². The summed E-state index contributed by atoms with van der Waals surface area (Å²) in [6.07, 6.45) is 5.26. The molecule has 5 heteroatoms. The number of aromatic nitrogens is 1. The molecule has 2 rings (SSSR count). The number of hydrogen-bond donors (Lipinski definition) is 2. The number of hydrogen-bond acceptors (Lipinski definition) is 3. The Kier molecular flexibility index (Phi) is 6.11. The van der Waals surface area contributed by atoms with Gasteiger partial charge in [-0.15, -0.1) is 0 Å². The van der Waals surface area contributed by atoms with E-state index in [0.29, 0.717) is 12.1 Å². The molecule has 114 valence electrons. The van der Waals surface area contributed by atoms with Gasteiger partial charge in [0.1, 0.15) is 0 Å². The zero-order chi connectivity index (χ0) is 15.6. The lowest BCUT2D eigenvalue weighted by Gasteiger charge is -2.07. The lowest BCUT2D eigenvalue weighted by atomic mass is 10.1. The van der Waals surface area contributed by atoms with Crippen molar-refractivity contribution in [2.24, 2.45) is 0 Å². The number of carbonyl (C=O) groups excluding carboxylic acids is 2. The fraction of sp³-hybridized carbons (Fsp3) is 0.235. The molecule has 0 saturated heterocycles. The first-order chi connectivity index (χ1) is 10.8. The Labute approximate surface area is 129 Å². The summed E-state index contributed by atoms with van der Waals surface area (Å²) >= 11 is 0. The van der Waals surface area contributed by atoms with Crippen molar-refractivity contribution in [3.05, 3.63) is 66.0 Å². The summed E-state index contributed by atoms with van der Waals surface area (Å²) in [6, 6.07) is 12.7. The zero-order valence-electron chi connectivity index (χ0n) is 12.3. The molecule has 0 aliphatic rings. The Balaban J connectivity index is 1.61. The van der Waals surface area contributed by atoms with Gasteiger partial charge in [0.05, 0.1) is 6.54 Å². The van der Waals surface area contributed by atoms with E-state index < -0.39 is 0 Å². The van der Waals surface area contributed by atoms with Gasteiger partial charge in [-0.25, -0.2) is 0 Å². The molecule has 0 spiro atoms. The molecule has 1 aromatic heterocycles. The molecule has 0 unspecified atom stereocenters. The van der Waals surface area contributed by atoms with Crippen LogP contribution in [0.25, 0.3) is 0 Å². The van der Waals surface area contributed by atoms with E-state index in [9.17, 15) is 9.59 Å². The van der Waals surface area contributed by atoms with Crippen molar-refractivity contribution in [3.63, 3.8) is 0 Å². The molecule has 0 radical (unpaired) electrons. The summed E-state index contributed by atoms with van der Waals surface area (Å²) in [7, 11) is 0. The van der Waals surface area contributed by atoms with Crippen molar-refractivity contribution in [2.45, 2.75) is 12.8 Å². The Bertz CT molecular complexity index is 600. The van der Waals surface area contributed by atoms with Gasteiger partial charge in [-0.1, -0.05) is 24.3 Å². The van der Waals surface area contributed by atoms with Gasteiger partial charge >= 0.3 is 0 Å². The third kappa shape index (κ3) is 5.36. The average molecular weight is 297 g/mol.